The summed E-state index contributed by atoms with van der Waals surface area (Å²) in [6.07, 6.45) is 1.86. The maximum Gasteiger partial charge on any atom is 0.340 e. The van der Waals surface area contributed by atoms with Gasteiger partial charge in [0.05, 0.1) is 46.9 Å². The van der Waals surface area contributed by atoms with E-state index in [0.29, 0.717) is 29.1 Å². The number of piperazine rings is 1. The lowest BCUT2D eigenvalue weighted by molar-refractivity contribution is 0.0407. The molecule has 0 amide bonds. The van der Waals surface area contributed by atoms with Crippen LogP contribution in [0, 0.1) is 13.8 Å². The Morgan fingerprint density at radius 3 is 1.94 bits per heavy atom. The minimum absolute atomic E-state index is 0.0186. The molecule has 3 aromatic heterocycles. The monoisotopic (exact) mass is 645 g/mol. The van der Waals surface area contributed by atoms with Crippen LogP contribution in [0.3, 0.4) is 0 Å². The molecule has 0 N–H and O–H groups in total. The predicted molar refractivity (Wildman–Crippen MR) is 186 cm³/mol. The van der Waals surface area contributed by atoms with Crippen molar-refractivity contribution in [2.45, 2.75) is 39.7 Å². The predicted octanol–water partition coefficient (Wildman–Crippen LogP) is 6.49. The minimum Gasteiger partial charge on any atom is -0.465 e. The third-order valence-electron chi connectivity index (χ3n) is 9.16. The van der Waals surface area contributed by atoms with Crippen molar-refractivity contribution in [3.63, 3.8) is 0 Å². The molecule has 1 aliphatic heterocycles. The lowest BCUT2D eigenvalue weighted by Crippen LogP contribution is -2.48. The zero-order valence-corrected chi connectivity index (χ0v) is 28.3. The first-order chi connectivity index (χ1) is 23.3. The van der Waals surface area contributed by atoms with Crippen molar-refractivity contribution in [2.75, 3.05) is 46.4 Å². The maximum absolute atomic E-state index is 14.0. The number of methoxy groups -OCH3 is 1. The summed E-state index contributed by atoms with van der Waals surface area (Å²) in [5.74, 6) is -1.06. The number of fused-ring (bicyclic) bond motifs is 1. The van der Waals surface area contributed by atoms with Crippen LogP contribution >= 0.6 is 0 Å². The molecule has 0 bridgehead atoms. The number of aryl methyl sites for hydroxylation is 2. The lowest BCUT2D eigenvalue weighted by Gasteiger charge is -2.39. The summed E-state index contributed by atoms with van der Waals surface area (Å²) in [5.41, 5.74) is 6.78. The van der Waals surface area contributed by atoms with E-state index in [2.05, 4.69) is 75.4 Å². The number of nitrogens with zero attached hydrogens (tertiary/aromatic N) is 5. The fraction of sp³-hybridized carbons (Fsp3) is 0.333. The van der Waals surface area contributed by atoms with E-state index in [1.165, 1.54) is 18.2 Å². The number of esters is 2. The van der Waals surface area contributed by atoms with E-state index in [-0.39, 0.29) is 29.7 Å². The molecule has 1 fully saturated rings. The molecule has 0 spiro atoms. The van der Waals surface area contributed by atoms with Gasteiger partial charge in [-0.25, -0.2) is 14.1 Å². The first-order valence-corrected chi connectivity index (χ1v) is 16.6. The van der Waals surface area contributed by atoms with Crippen molar-refractivity contribution in [2.24, 2.45) is 0 Å². The molecule has 2 aromatic carbocycles. The second-order valence-corrected chi connectivity index (χ2v) is 12.6. The van der Waals surface area contributed by atoms with Gasteiger partial charge in [-0.1, -0.05) is 80.6 Å². The van der Waals surface area contributed by atoms with Crippen LogP contribution in [0.5, 0.6) is 0 Å². The summed E-state index contributed by atoms with van der Waals surface area (Å²) < 4.78 is 13.0. The van der Waals surface area contributed by atoms with Gasteiger partial charge in [-0.05, 0) is 43.0 Å². The topological polar surface area (TPSA) is 89.3 Å². The summed E-state index contributed by atoms with van der Waals surface area (Å²) in [7, 11) is 1.34. The van der Waals surface area contributed by atoms with Crippen LogP contribution in [-0.2, 0) is 9.47 Å². The molecule has 5 aromatic rings. The van der Waals surface area contributed by atoms with Crippen LogP contribution in [-0.4, -0.2) is 82.8 Å². The van der Waals surface area contributed by atoms with Gasteiger partial charge < -0.3 is 9.47 Å². The molecular formula is C39H43N5O4. The lowest BCUT2D eigenvalue weighted by atomic mass is 9.89. The van der Waals surface area contributed by atoms with E-state index >= 15 is 0 Å². The van der Waals surface area contributed by atoms with E-state index in [4.69, 9.17) is 14.6 Å². The van der Waals surface area contributed by atoms with Gasteiger partial charge >= 0.3 is 11.9 Å². The van der Waals surface area contributed by atoms with Gasteiger partial charge in [0.2, 0.25) is 0 Å². The van der Waals surface area contributed by atoms with Gasteiger partial charge in [0.25, 0.3) is 0 Å². The van der Waals surface area contributed by atoms with E-state index in [0.717, 1.165) is 37.4 Å². The highest BCUT2D eigenvalue weighted by atomic mass is 16.5. The van der Waals surface area contributed by atoms with E-state index in [1.807, 2.05) is 38.2 Å². The molecule has 0 radical (unpaired) electrons. The third-order valence-corrected chi connectivity index (χ3v) is 9.16. The van der Waals surface area contributed by atoms with Crippen LogP contribution < -0.4 is 0 Å². The quantitative estimate of drug-likeness (QED) is 0.159. The number of carbonyl (C=O) groups excluding carboxylic acids is 2. The summed E-state index contributed by atoms with van der Waals surface area (Å²) in [6.45, 7) is 12.0. The first kappa shape index (κ1) is 33.1. The normalized spacial score (nSPS) is 14.1. The maximum atomic E-state index is 14.0. The van der Waals surface area contributed by atoms with Gasteiger partial charge in [0.1, 0.15) is 6.61 Å². The Hall–Kier alpha value is -4.86. The third kappa shape index (κ3) is 6.61. The van der Waals surface area contributed by atoms with Crippen LogP contribution in [0.15, 0.2) is 85.1 Å². The largest absolute Gasteiger partial charge is 0.465 e. The smallest absolute Gasteiger partial charge is 0.340 e. The standard InChI is InChI=1S/C39H43N5O4/c1-26(2)36-34(31-18-12-13-19-44(31)41-36)35-32(38(45)47-5)27(3)40-28(4)33(35)39(46)48-25-24-42-20-22-43(23-21-42)37(29-14-8-6-9-15-29)30-16-10-7-11-17-30/h6-19,26,37H,20-25H2,1-5H3. The Balaban J connectivity index is 1.22. The van der Waals surface area contributed by atoms with Crippen LogP contribution in [0.25, 0.3) is 16.6 Å². The van der Waals surface area contributed by atoms with Crippen molar-refractivity contribution in [3.05, 3.63) is 124 Å². The average Bonchev–Trinajstić information content (AvgIpc) is 3.49. The number of benzene rings is 2. The summed E-state index contributed by atoms with van der Waals surface area (Å²) in [4.78, 5) is 36.8. The van der Waals surface area contributed by atoms with Gasteiger partial charge in [0.15, 0.2) is 0 Å². The van der Waals surface area contributed by atoms with Gasteiger partial charge in [-0.3, -0.25) is 14.8 Å². The zero-order chi connectivity index (χ0) is 33.8. The molecule has 9 heteroatoms. The molecule has 48 heavy (non-hydrogen) atoms. The number of ether oxygens (including phenoxy) is 2. The van der Waals surface area contributed by atoms with Gasteiger partial charge in [-0.15, -0.1) is 0 Å². The molecule has 0 unspecified atom stereocenters. The Morgan fingerprint density at radius 1 is 0.771 bits per heavy atom. The number of rotatable bonds is 10. The number of hydrogen-bond donors (Lipinski definition) is 0. The number of carbonyl (C=O) groups is 2. The molecule has 0 atom stereocenters. The molecule has 248 valence electrons. The molecule has 4 heterocycles. The number of hydrogen-bond acceptors (Lipinski definition) is 8. The Kier molecular flexibility index (Phi) is 9.98. The molecule has 1 aliphatic rings. The first-order valence-electron chi connectivity index (χ1n) is 16.6. The summed E-state index contributed by atoms with van der Waals surface area (Å²) in [6, 6.07) is 27.2. The fourth-order valence-electron chi connectivity index (χ4n) is 6.85. The second-order valence-electron chi connectivity index (χ2n) is 12.6. The van der Waals surface area contributed by atoms with Crippen molar-refractivity contribution in [3.8, 4) is 11.1 Å². The van der Waals surface area contributed by atoms with Crippen LogP contribution in [0.2, 0.25) is 0 Å². The van der Waals surface area contributed by atoms with Crippen molar-refractivity contribution < 1.29 is 19.1 Å². The van der Waals surface area contributed by atoms with Gasteiger partial charge in [-0.2, -0.15) is 5.10 Å². The number of pyridine rings is 2. The van der Waals surface area contributed by atoms with Crippen molar-refractivity contribution in [1.29, 1.82) is 0 Å². The molecule has 0 saturated carbocycles. The fourth-order valence-corrected chi connectivity index (χ4v) is 6.85. The highest BCUT2D eigenvalue weighted by Gasteiger charge is 2.32. The summed E-state index contributed by atoms with van der Waals surface area (Å²) >= 11 is 0. The second kappa shape index (κ2) is 14.5. The van der Waals surface area contributed by atoms with E-state index < -0.39 is 11.9 Å². The molecule has 1 saturated heterocycles. The number of aromatic nitrogens is 3. The van der Waals surface area contributed by atoms with Crippen molar-refractivity contribution >= 4 is 17.5 Å². The molecule has 9 nitrogen and oxygen atoms in total. The summed E-state index contributed by atoms with van der Waals surface area (Å²) in [5, 5.41) is 4.84. The highest BCUT2D eigenvalue weighted by Crippen LogP contribution is 2.39. The minimum atomic E-state index is -0.559. The van der Waals surface area contributed by atoms with Gasteiger partial charge in [0, 0.05) is 50.0 Å². The Morgan fingerprint density at radius 2 is 1.35 bits per heavy atom. The average molecular weight is 646 g/mol. The molecular weight excluding hydrogens is 602 g/mol. The Labute approximate surface area is 282 Å². The van der Waals surface area contributed by atoms with Crippen LogP contribution in [0.1, 0.15) is 74.7 Å². The molecule has 6 rings (SSSR count). The van der Waals surface area contributed by atoms with E-state index in [1.54, 1.807) is 18.4 Å². The molecule has 0 aliphatic carbocycles. The highest BCUT2D eigenvalue weighted by molar-refractivity contribution is 6.09. The van der Waals surface area contributed by atoms with Crippen molar-refractivity contribution in [1.82, 2.24) is 24.4 Å². The van der Waals surface area contributed by atoms with Crippen LogP contribution in [0.4, 0.5) is 0 Å². The Bertz CT molecular complexity index is 1860. The van der Waals surface area contributed by atoms with E-state index in [9.17, 15) is 9.59 Å². The SMILES string of the molecule is COC(=O)c1c(C)nc(C)c(C(=O)OCCN2CCN(C(c3ccccc3)c3ccccc3)CC2)c1-c1c(C(C)C)nn2ccccc12. The zero-order valence-electron chi connectivity index (χ0n) is 28.3.